The third-order valence-corrected chi connectivity index (χ3v) is 6.49. The van der Waals surface area contributed by atoms with E-state index in [0.717, 1.165) is 33.5 Å². The minimum Gasteiger partial charge on any atom is -0.486 e. The highest BCUT2D eigenvalue weighted by Crippen LogP contribution is 2.24. The van der Waals surface area contributed by atoms with E-state index in [0.29, 0.717) is 24.3 Å². The molecule has 30 heavy (non-hydrogen) atoms. The Kier molecular flexibility index (Phi) is 6.50. The summed E-state index contributed by atoms with van der Waals surface area (Å²) in [4.78, 5) is 22.3. The van der Waals surface area contributed by atoms with Crippen molar-refractivity contribution in [1.29, 1.82) is 0 Å². The van der Waals surface area contributed by atoms with E-state index in [1.54, 1.807) is 27.7 Å². The lowest BCUT2D eigenvalue weighted by atomic mass is 10.2. The van der Waals surface area contributed by atoms with Gasteiger partial charge < -0.3 is 4.74 Å². The number of nitrogens with zero attached hydrogens (tertiary/aromatic N) is 3. The summed E-state index contributed by atoms with van der Waals surface area (Å²) in [5, 5.41) is 4.39. The number of rotatable bonds is 8. The van der Waals surface area contributed by atoms with Gasteiger partial charge in [0.25, 0.3) is 5.56 Å². The van der Waals surface area contributed by atoms with E-state index < -0.39 is 0 Å². The summed E-state index contributed by atoms with van der Waals surface area (Å²) in [6.45, 7) is 5.23. The summed E-state index contributed by atoms with van der Waals surface area (Å²) in [7, 11) is 0. The number of thioether (sulfide) groups is 1. The predicted octanol–water partition coefficient (Wildman–Crippen LogP) is 5.44. The van der Waals surface area contributed by atoms with Crippen LogP contribution in [-0.2, 0) is 18.9 Å². The summed E-state index contributed by atoms with van der Waals surface area (Å²) >= 11 is 3.14. The molecule has 0 radical (unpaired) electrons. The number of hydrogen-bond acceptors (Lipinski definition) is 6. The van der Waals surface area contributed by atoms with Gasteiger partial charge in [-0.2, -0.15) is 0 Å². The monoisotopic (exact) mass is 437 g/mol. The molecule has 0 aliphatic heterocycles. The van der Waals surface area contributed by atoms with Gasteiger partial charge in [-0.1, -0.05) is 48.5 Å². The Bertz CT molecular complexity index is 1200. The van der Waals surface area contributed by atoms with Crippen molar-refractivity contribution in [3.05, 3.63) is 80.5 Å². The van der Waals surface area contributed by atoms with Gasteiger partial charge in [0.1, 0.15) is 17.4 Å². The van der Waals surface area contributed by atoms with Crippen LogP contribution in [-0.4, -0.2) is 14.5 Å². The number of aryl methyl sites for hydroxylation is 1. The molecule has 4 rings (SSSR count). The maximum Gasteiger partial charge on any atom is 0.262 e. The summed E-state index contributed by atoms with van der Waals surface area (Å²) in [5.74, 6) is 1.51. The maximum absolute atomic E-state index is 12.9. The molecule has 5 nitrogen and oxygen atoms in total. The first-order valence-electron chi connectivity index (χ1n) is 9.89. The van der Waals surface area contributed by atoms with E-state index in [1.165, 1.54) is 5.56 Å². The normalized spacial score (nSPS) is 11.1. The second kappa shape index (κ2) is 9.45. The van der Waals surface area contributed by atoms with Crippen molar-refractivity contribution in [3.8, 4) is 5.75 Å². The number of ether oxygens (including phenoxy) is 1. The second-order valence-electron chi connectivity index (χ2n) is 6.99. The van der Waals surface area contributed by atoms with E-state index in [2.05, 4.69) is 18.8 Å². The molecule has 0 N–H and O–H groups in total. The quantitative estimate of drug-likeness (QED) is 0.271. The average molecular weight is 438 g/mol. The number of para-hydroxylation sites is 1. The van der Waals surface area contributed by atoms with Gasteiger partial charge in [0.15, 0.2) is 5.16 Å². The van der Waals surface area contributed by atoms with Crippen LogP contribution in [0.4, 0.5) is 0 Å². The third kappa shape index (κ3) is 4.74. The second-order valence-corrected chi connectivity index (χ2v) is 8.88. The van der Waals surface area contributed by atoms with Crippen molar-refractivity contribution < 1.29 is 4.74 Å². The minimum absolute atomic E-state index is 0.0235. The summed E-state index contributed by atoms with van der Waals surface area (Å²) < 4.78 is 7.60. The highest BCUT2D eigenvalue weighted by molar-refractivity contribution is 7.98. The van der Waals surface area contributed by atoms with E-state index in [-0.39, 0.29) is 5.56 Å². The fourth-order valence-corrected chi connectivity index (χ4v) is 4.81. The molecule has 7 heteroatoms. The molecule has 0 saturated heterocycles. The average Bonchev–Trinajstić information content (AvgIpc) is 3.22. The van der Waals surface area contributed by atoms with E-state index in [1.807, 2.05) is 53.9 Å². The van der Waals surface area contributed by atoms with Crippen LogP contribution < -0.4 is 10.3 Å². The molecule has 0 saturated carbocycles. The molecule has 0 atom stereocenters. The van der Waals surface area contributed by atoms with Crippen LogP contribution in [0.2, 0.25) is 0 Å². The summed E-state index contributed by atoms with van der Waals surface area (Å²) in [6, 6.07) is 15.5. The zero-order valence-corrected chi connectivity index (χ0v) is 18.6. The highest BCUT2D eigenvalue weighted by atomic mass is 32.2. The van der Waals surface area contributed by atoms with E-state index in [4.69, 9.17) is 9.72 Å². The summed E-state index contributed by atoms with van der Waals surface area (Å²) in [5.41, 5.74) is 2.94. The van der Waals surface area contributed by atoms with E-state index in [9.17, 15) is 4.79 Å². The fraction of sp³-hybridized carbons (Fsp3) is 0.261. The zero-order valence-electron chi connectivity index (χ0n) is 17.0. The first-order chi connectivity index (χ1) is 14.6. The van der Waals surface area contributed by atoms with Crippen molar-refractivity contribution in [2.75, 3.05) is 0 Å². The molecular weight excluding hydrogens is 414 g/mol. The van der Waals surface area contributed by atoms with Crippen molar-refractivity contribution >= 4 is 34.0 Å². The maximum atomic E-state index is 12.9. The van der Waals surface area contributed by atoms with Gasteiger partial charge in [0.2, 0.25) is 0 Å². The number of aromatic nitrogens is 3. The van der Waals surface area contributed by atoms with Crippen LogP contribution in [0, 0.1) is 6.92 Å². The standard InChI is InChI=1S/C23H23N3O2S2/c1-3-12-26-22(27)19-6-4-5-7-20(19)25-23(26)30-15-17-14-29-21(24-17)13-28-18-10-8-16(2)9-11-18/h4-11,14H,3,12-13,15H2,1-2H3. The Morgan fingerprint density at radius 2 is 1.90 bits per heavy atom. The van der Waals surface area contributed by atoms with Gasteiger partial charge in [-0.25, -0.2) is 9.97 Å². The largest absolute Gasteiger partial charge is 0.486 e. The molecule has 0 aliphatic rings. The molecule has 2 heterocycles. The van der Waals surface area contributed by atoms with Crippen molar-refractivity contribution in [1.82, 2.24) is 14.5 Å². The van der Waals surface area contributed by atoms with Gasteiger partial charge in [-0.15, -0.1) is 11.3 Å². The predicted molar refractivity (Wildman–Crippen MR) is 123 cm³/mol. The number of fused-ring (bicyclic) bond motifs is 1. The lowest BCUT2D eigenvalue weighted by Crippen LogP contribution is -2.23. The topological polar surface area (TPSA) is 57.0 Å². The zero-order chi connectivity index (χ0) is 20.9. The van der Waals surface area contributed by atoms with Crippen LogP contribution in [0.5, 0.6) is 5.75 Å². The Morgan fingerprint density at radius 1 is 1.10 bits per heavy atom. The molecule has 4 aromatic rings. The first-order valence-corrected chi connectivity index (χ1v) is 11.8. The fourth-order valence-electron chi connectivity index (χ4n) is 3.08. The van der Waals surface area contributed by atoms with Gasteiger partial charge in [-0.05, 0) is 37.6 Å². The first kappa shape index (κ1) is 20.6. The Balaban J connectivity index is 1.46. The SMILES string of the molecule is CCCn1c(SCc2csc(COc3ccc(C)cc3)n2)nc2ccccc2c1=O. The molecule has 0 amide bonds. The van der Waals surface area contributed by atoms with Crippen molar-refractivity contribution in [2.45, 2.75) is 44.3 Å². The van der Waals surface area contributed by atoms with Crippen molar-refractivity contribution in [2.24, 2.45) is 0 Å². The number of benzene rings is 2. The van der Waals surface area contributed by atoms with E-state index >= 15 is 0 Å². The molecule has 2 aromatic heterocycles. The lowest BCUT2D eigenvalue weighted by Gasteiger charge is -2.11. The Morgan fingerprint density at radius 3 is 2.70 bits per heavy atom. The molecule has 0 bridgehead atoms. The lowest BCUT2D eigenvalue weighted by molar-refractivity contribution is 0.305. The van der Waals surface area contributed by atoms with Crippen LogP contribution in [0.1, 0.15) is 29.6 Å². The smallest absolute Gasteiger partial charge is 0.262 e. The van der Waals surface area contributed by atoms with Crippen LogP contribution in [0.25, 0.3) is 10.9 Å². The Labute approximate surface area is 183 Å². The minimum atomic E-state index is 0.0235. The van der Waals surface area contributed by atoms with Gasteiger partial charge in [0, 0.05) is 17.7 Å². The van der Waals surface area contributed by atoms with Crippen molar-refractivity contribution in [3.63, 3.8) is 0 Å². The van der Waals surface area contributed by atoms with Crippen LogP contribution in [0.3, 0.4) is 0 Å². The van der Waals surface area contributed by atoms with Crippen LogP contribution >= 0.6 is 23.1 Å². The molecular formula is C23H23N3O2S2. The van der Waals surface area contributed by atoms with Gasteiger partial charge >= 0.3 is 0 Å². The molecule has 0 unspecified atom stereocenters. The number of hydrogen-bond donors (Lipinski definition) is 0. The molecule has 2 aromatic carbocycles. The molecule has 0 aliphatic carbocycles. The van der Waals surface area contributed by atoms with Gasteiger partial charge in [-0.3, -0.25) is 9.36 Å². The Hall–Kier alpha value is -2.64. The number of thiazole rings is 1. The molecule has 0 spiro atoms. The third-order valence-electron chi connectivity index (χ3n) is 4.61. The summed E-state index contributed by atoms with van der Waals surface area (Å²) in [6.07, 6.45) is 0.880. The molecule has 154 valence electrons. The van der Waals surface area contributed by atoms with Gasteiger partial charge in [0.05, 0.1) is 16.6 Å². The highest BCUT2D eigenvalue weighted by Gasteiger charge is 2.12. The van der Waals surface area contributed by atoms with Crippen LogP contribution in [0.15, 0.2) is 63.9 Å². The molecule has 0 fully saturated rings.